The first kappa shape index (κ1) is 22.4. The predicted molar refractivity (Wildman–Crippen MR) is 114 cm³/mol. The summed E-state index contributed by atoms with van der Waals surface area (Å²) in [6, 6.07) is 11.9. The van der Waals surface area contributed by atoms with E-state index in [4.69, 9.17) is 4.74 Å². The fourth-order valence-corrected chi connectivity index (χ4v) is 2.90. The second kappa shape index (κ2) is 10.6. The number of methoxy groups -OCH3 is 1. The Morgan fingerprint density at radius 3 is 2.10 bits per heavy atom. The minimum Gasteiger partial charge on any atom is -0.481 e. The molecule has 2 aromatic rings. The topological polar surface area (TPSA) is 76.7 Å². The molecular formula is C23H30N2O4. The van der Waals surface area contributed by atoms with Crippen LogP contribution in [0.5, 0.6) is 5.75 Å². The Balaban J connectivity index is 1.88. The molecule has 0 aliphatic carbocycles. The summed E-state index contributed by atoms with van der Waals surface area (Å²) in [6.07, 6.45) is 0. The van der Waals surface area contributed by atoms with E-state index >= 15 is 0 Å². The first-order valence-corrected chi connectivity index (χ1v) is 9.70. The molecule has 0 aliphatic heterocycles. The highest BCUT2D eigenvalue weighted by molar-refractivity contribution is 5.92. The smallest absolute Gasteiger partial charge is 0.343 e. The molecule has 1 amide bonds. The van der Waals surface area contributed by atoms with E-state index in [1.807, 2.05) is 52.0 Å². The summed E-state index contributed by atoms with van der Waals surface area (Å²) in [7, 11) is 1.34. The van der Waals surface area contributed by atoms with Gasteiger partial charge >= 0.3 is 5.97 Å². The summed E-state index contributed by atoms with van der Waals surface area (Å²) in [5.41, 5.74) is 5.05. The van der Waals surface area contributed by atoms with Gasteiger partial charge in [-0.3, -0.25) is 4.79 Å². The fourth-order valence-electron chi connectivity index (χ4n) is 2.90. The van der Waals surface area contributed by atoms with Gasteiger partial charge < -0.3 is 20.1 Å². The maximum Gasteiger partial charge on any atom is 0.343 e. The molecule has 0 spiro atoms. The van der Waals surface area contributed by atoms with Crippen molar-refractivity contribution < 1.29 is 19.1 Å². The van der Waals surface area contributed by atoms with Crippen molar-refractivity contribution >= 4 is 17.6 Å². The molecule has 0 atom stereocenters. The molecule has 0 heterocycles. The number of hydrogen-bond donors (Lipinski definition) is 2. The SMILES string of the molecule is COC(=O)COc1c(C)cc(CNCc2ccc(NC(=O)C(C)C)cc2)cc1C. The Kier molecular flexibility index (Phi) is 8.21. The lowest BCUT2D eigenvalue weighted by Gasteiger charge is -2.14. The number of benzene rings is 2. The third-order valence-corrected chi connectivity index (χ3v) is 4.49. The fraction of sp³-hybridized carbons (Fsp3) is 0.391. The van der Waals surface area contributed by atoms with Crippen LogP contribution < -0.4 is 15.4 Å². The molecule has 156 valence electrons. The van der Waals surface area contributed by atoms with Gasteiger partial charge in [0.05, 0.1) is 7.11 Å². The lowest BCUT2D eigenvalue weighted by atomic mass is 10.1. The van der Waals surface area contributed by atoms with Crippen LogP contribution in [-0.4, -0.2) is 25.6 Å². The molecule has 0 fully saturated rings. The van der Waals surface area contributed by atoms with Gasteiger partial charge in [-0.05, 0) is 48.2 Å². The van der Waals surface area contributed by atoms with Crippen LogP contribution in [0.4, 0.5) is 5.69 Å². The lowest BCUT2D eigenvalue weighted by molar-refractivity contribution is -0.142. The minimum atomic E-state index is -0.399. The van der Waals surface area contributed by atoms with Gasteiger partial charge in [-0.1, -0.05) is 38.1 Å². The largest absolute Gasteiger partial charge is 0.481 e. The Labute approximate surface area is 172 Å². The molecule has 2 N–H and O–H groups in total. The molecule has 0 aliphatic rings. The molecule has 2 rings (SSSR count). The van der Waals surface area contributed by atoms with E-state index in [9.17, 15) is 9.59 Å². The average molecular weight is 399 g/mol. The van der Waals surface area contributed by atoms with Crippen LogP contribution in [0.2, 0.25) is 0 Å². The van der Waals surface area contributed by atoms with Gasteiger partial charge in [0.1, 0.15) is 5.75 Å². The van der Waals surface area contributed by atoms with E-state index in [-0.39, 0.29) is 18.4 Å². The van der Waals surface area contributed by atoms with Crippen molar-refractivity contribution in [3.8, 4) is 5.75 Å². The maximum atomic E-state index is 11.7. The average Bonchev–Trinajstić information content (AvgIpc) is 2.68. The molecule has 0 aromatic heterocycles. The zero-order valence-corrected chi connectivity index (χ0v) is 17.8. The van der Waals surface area contributed by atoms with Gasteiger partial charge in [0.25, 0.3) is 0 Å². The molecule has 0 radical (unpaired) electrons. The normalized spacial score (nSPS) is 10.7. The molecule has 6 nitrogen and oxygen atoms in total. The number of anilines is 1. The van der Waals surface area contributed by atoms with E-state index in [0.717, 1.165) is 40.2 Å². The number of hydrogen-bond acceptors (Lipinski definition) is 5. The van der Waals surface area contributed by atoms with Crippen molar-refractivity contribution in [2.75, 3.05) is 19.0 Å². The van der Waals surface area contributed by atoms with E-state index in [2.05, 4.69) is 27.5 Å². The van der Waals surface area contributed by atoms with Crippen molar-refractivity contribution in [3.05, 3.63) is 58.7 Å². The number of amides is 1. The number of carbonyl (C=O) groups is 2. The maximum absolute atomic E-state index is 11.7. The van der Waals surface area contributed by atoms with Gasteiger partial charge in [0.15, 0.2) is 6.61 Å². The van der Waals surface area contributed by atoms with Gasteiger partial charge in [-0.25, -0.2) is 4.79 Å². The van der Waals surface area contributed by atoms with Crippen molar-refractivity contribution in [3.63, 3.8) is 0 Å². The van der Waals surface area contributed by atoms with Crippen molar-refractivity contribution in [1.82, 2.24) is 5.32 Å². The third-order valence-electron chi connectivity index (χ3n) is 4.49. The first-order chi connectivity index (χ1) is 13.8. The molecule has 0 bridgehead atoms. The van der Waals surface area contributed by atoms with Crippen LogP contribution in [-0.2, 0) is 27.4 Å². The van der Waals surface area contributed by atoms with Crippen molar-refractivity contribution in [2.24, 2.45) is 5.92 Å². The van der Waals surface area contributed by atoms with E-state index in [1.165, 1.54) is 7.11 Å². The number of rotatable bonds is 9. The van der Waals surface area contributed by atoms with E-state index < -0.39 is 5.97 Å². The number of esters is 1. The Morgan fingerprint density at radius 2 is 1.55 bits per heavy atom. The second-order valence-electron chi connectivity index (χ2n) is 7.37. The zero-order chi connectivity index (χ0) is 21.4. The van der Waals surface area contributed by atoms with Gasteiger partial charge in [0, 0.05) is 24.7 Å². The van der Waals surface area contributed by atoms with Crippen LogP contribution in [0.1, 0.15) is 36.1 Å². The molecule has 0 saturated carbocycles. The number of nitrogens with one attached hydrogen (secondary N) is 2. The van der Waals surface area contributed by atoms with Gasteiger partial charge in [-0.2, -0.15) is 0 Å². The Hall–Kier alpha value is -2.86. The number of aryl methyl sites for hydroxylation is 2. The van der Waals surface area contributed by atoms with Crippen LogP contribution >= 0.6 is 0 Å². The number of carbonyl (C=O) groups excluding carboxylic acids is 2. The molecule has 0 saturated heterocycles. The van der Waals surface area contributed by atoms with Crippen LogP contribution in [0.15, 0.2) is 36.4 Å². The Morgan fingerprint density at radius 1 is 0.966 bits per heavy atom. The van der Waals surface area contributed by atoms with E-state index in [0.29, 0.717) is 6.54 Å². The summed E-state index contributed by atoms with van der Waals surface area (Å²) in [6.45, 7) is 9.01. The minimum absolute atomic E-state index is 0.0145. The Bertz CT molecular complexity index is 821. The van der Waals surface area contributed by atoms with Crippen molar-refractivity contribution in [1.29, 1.82) is 0 Å². The highest BCUT2D eigenvalue weighted by atomic mass is 16.6. The second-order valence-corrected chi connectivity index (χ2v) is 7.37. The summed E-state index contributed by atoms with van der Waals surface area (Å²) in [5, 5.41) is 6.32. The molecular weight excluding hydrogens is 368 g/mol. The summed E-state index contributed by atoms with van der Waals surface area (Å²) >= 11 is 0. The molecule has 6 heteroatoms. The lowest BCUT2D eigenvalue weighted by Crippen LogP contribution is -2.17. The monoisotopic (exact) mass is 398 g/mol. The summed E-state index contributed by atoms with van der Waals surface area (Å²) < 4.78 is 10.2. The summed E-state index contributed by atoms with van der Waals surface area (Å²) in [4.78, 5) is 23.0. The van der Waals surface area contributed by atoms with Crippen LogP contribution in [0, 0.1) is 19.8 Å². The highest BCUT2D eigenvalue weighted by Crippen LogP contribution is 2.25. The summed E-state index contributed by atoms with van der Waals surface area (Å²) in [5.74, 6) is 0.295. The molecule has 29 heavy (non-hydrogen) atoms. The highest BCUT2D eigenvalue weighted by Gasteiger charge is 2.10. The first-order valence-electron chi connectivity index (χ1n) is 9.70. The quantitative estimate of drug-likeness (QED) is 0.629. The van der Waals surface area contributed by atoms with E-state index in [1.54, 1.807) is 0 Å². The number of ether oxygens (including phenoxy) is 2. The van der Waals surface area contributed by atoms with Gasteiger partial charge in [-0.15, -0.1) is 0 Å². The van der Waals surface area contributed by atoms with Gasteiger partial charge in [0.2, 0.25) is 5.91 Å². The third kappa shape index (κ3) is 6.91. The van der Waals surface area contributed by atoms with Crippen LogP contribution in [0.25, 0.3) is 0 Å². The molecule has 0 unspecified atom stereocenters. The van der Waals surface area contributed by atoms with Crippen molar-refractivity contribution in [2.45, 2.75) is 40.8 Å². The predicted octanol–water partition coefficient (Wildman–Crippen LogP) is 3.74. The standard InChI is InChI=1S/C23H30N2O4/c1-15(2)23(27)25-20-8-6-18(7-9-20)12-24-13-19-10-16(3)22(17(4)11-19)29-14-21(26)28-5/h6-11,15,24H,12-14H2,1-5H3,(H,25,27). The van der Waals surface area contributed by atoms with Crippen LogP contribution in [0.3, 0.4) is 0 Å². The zero-order valence-electron chi connectivity index (χ0n) is 17.8. The molecule has 2 aromatic carbocycles.